The molecule has 0 fully saturated rings. The Morgan fingerprint density at radius 1 is 1.33 bits per heavy atom. The summed E-state index contributed by atoms with van der Waals surface area (Å²) in [6, 6.07) is 3.52. The lowest BCUT2D eigenvalue weighted by Crippen LogP contribution is -2.25. The van der Waals surface area contributed by atoms with Crippen LogP contribution in [0.4, 0.5) is 5.82 Å². The van der Waals surface area contributed by atoms with E-state index in [4.69, 9.17) is 5.84 Å². The zero-order valence-electron chi connectivity index (χ0n) is 13.4. The minimum Gasteiger partial charge on any atom is -0.352 e. The van der Waals surface area contributed by atoms with Gasteiger partial charge in [-0.2, -0.15) is 0 Å². The SMILES string of the molecule is CCCc1cc(C(=O)NCCCCC(C)C)cc(NN)n1. The van der Waals surface area contributed by atoms with Crippen molar-refractivity contribution >= 4 is 11.7 Å². The van der Waals surface area contributed by atoms with Crippen molar-refractivity contribution in [1.82, 2.24) is 10.3 Å². The van der Waals surface area contributed by atoms with Gasteiger partial charge >= 0.3 is 0 Å². The van der Waals surface area contributed by atoms with E-state index in [0.717, 1.165) is 37.3 Å². The Kier molecular flexibility index (Phi) is 7.75. The van der Waals surface area contributed by atoms with Crippen molar-refractivity contribution in [2.75, 3.05) is 12.0 Å². The van der Waals surface area contributed by atoms with Crippen LogP contribution >= 0.6 is 0 Å². The molecular weight excluding hydrogens is 264 g/mol. The van der Waals surface area contributed by atoms with E-state index in [1.54, 1.807) is 6.07 Å². The molecule has 0 aliphatic carbocycles. The van der Waals surface area contributed by atoms with Crippen molar-refractivity contribution in [3.05, 3.63) is 23.4 Å². The Morgan fingerprint density at radius 2 is 2.10 bits per heavy atom. The number of nitrogens with two attached hydrogens (primary N) is 1. The number of amides is 1. The number of aryl methyl sites for hydroxylation is 1. The summed E-state index contributed by atoms with van der Waals surface area (Å²) in [6.45, 7) is 7.22. The molecule has 1 amide bonds. The number of carbonyl (C=O) groups excluding carboxylic acids is 1. The molecule has 0 aliphatic heterocycles. The summed E-state index contributed by atoms with van der Waals surface area (Å²) in [5.41, 5.74) is 4.02. The molecule has 118 valence electrons. The largest absolute Gasteiger partial charge is 0.352 e. The van der Waals surface area contributed by atoms with E-state index in [-0.39, 0.29) is 5.91 Å². The van der Waals surface area contributed by atoms with E-state index in [1.165, 1.54) is 6.42 Å². The van der Waals surface area contributed by atoms with Crippen molar-refractivity contribution in [3.8, 4) is 0 Å². The average molecular weight is 292 g/mol. The monoisotopic (exact) mass is 292 g/mol. The number of nitrogens with zero attached hydrogens (tertiary/aromatic N) is 1. The maximum Gasteiger partial charge on any atom is 0.251 e. The van der Waals surface area contributed by atoms with Crippen molar-refractivity contribution in [2.45, 2.75) is 52.9 Å². The van der Waals surface area contributed by atoms with Crippen LogP contribution in [0.15, 0.2) is 12.1 Å². The first-order valence-corrected chi connectivity index (χ1v) is 7.82. The first-order valence-electron chi connectivity index (χ1n) is 7.82. The van der Waals surface area contributed by atoms with Crippen LogP contribution in [-0.2, 0) is 6.42 Å². The number of hydrogen-bond donors (Lipinski definition) is 3. The number of aromatic nitrogens is 1. The number of rotatable bonds is 9. The van der Waals surface area contributed by atoms with Crippen LogP contribution in [-0.4, -0.2) is 17.4 Å². The van der Waals surface area contributed by atoms with Crippen molar-refractivity contribution in [3.63, 3.8) is 0 Å². The van der Waals surface area contributed by atoms with Gasteiger partial charge in [-0.15, -0.1) is 0 Å². The number of anilines is 1. The number of pyridine rings is 1. The highest BCUT2D eigenvalue weighted by atomic mass is 16.1. The Balaban J connectivity index is 2.54. The number of nitrogen functional groups attached to an aromatic ring is 1. The molecule has 0 aromatic carbocycles. The maximum atomic E-state index is 12.2. The van der Waals surface area contributed by atoms with Gasteiger partial charge in [-0.1, -0.05) is 40.0 Å². The minimum atomic E-state index is -0.0594. The standard InChI is InChI=1S/C16H28N4O/c1-4-7-14-10-13(11-15(19-14)20-17)16(21)18-9-6-5-8-12(2)3/h10-12H,4-9,17H2,1-3H3,(H,18,21)(H,19,20). The van der Waals surface area contributed by atoms with Gasteiger partial charge in [-0.3, -0.25) is 4.79 Å². The molecule has 21 heavy (non-hydrogen) atoms. The summed E-state index contributed by atoms with van der Waals surface area (Å²) < 4.78 is 0. The second-order valence-electron chi connectivity index (χ2n) is 5.77. The summed E-state index contributed by atoms with van der Waals surface area (Å²) in [5.74, 6) is 6.60. The smallest absolute Gasteiger partial charge is 0.251 e. The summed E-state index contributed by atoms with van der Waals surface area (Å²) in [5, 5.41) is 2.96. The molecule has 1 heterocycles. The Morgan fingerprint density at radius 3 is 2.71 bits per heavy atom. The van der Waals surface area contributed by atoms with E-state index in [2.05, 4.69) is 36.5 Å². The Hall–Kier alpha value is -1.62. The number of unbranched alkanes of at least 4 members (excludes halogenated alkanes) is 1. The molecule has 0 saturated carbocycles. The topological polar surface area (TPSA) is 80.0 Å². The Bertz CT molecular complexity index is 446. The van der Waals surface area contributed by atoms with Gasteiger partial charge in [-0.05, 0) is 30.9 Å². The Labute approximate surface area is 127 Å². The van der Waals surface area contributed by atoms with Crippen LogP contribution in [0.25, 0.3) is 0 Å². The molecule has 1 rings (SSSR count). The molecular formula is C16H28N4O. The van der Waals surface area contributed by atoms with E-state index in [9.17, 15) is 4.79 Å². The fourth-order valence-electron chi connectivity index (χ4n) is 2.16. The van der Waals surface area contributed by atoms with Crippen molar-refractivity contribution in [1.29, 1.82) is 0 Å². The predicted molar refractivity (Wildman–Crippen MR) is 87.1 cm³/mol. The summed E-state index contributed by atoms with van der Waals surface area (Å²) in [6.07, 6.45) is 5.18. The summed E-state index contributed by atoms with van der Waals surface area (Å²) >= 11 is 0. The maximum absolute atomic E-state index is 12.2. The molecule has 1 aromatic rings. The molecule has 4 N–H and O–H groups in total. The number of hydrazine groups is 1. The molecule has 0 spiro atoms. The molecule has 5 nitrogen and oxygen atoms in total. The summed E-state index contributed by atoms with van der Waals surface area (Å²) in [7, 11) is 0. The van der Waals surface area contributed by atoms with E-state index in [1.807, 2.05) is 6.07 Å². The zero-order chi connectivity index (χ0) is 15.7. The highest BCUT2D eigenvalue weighted by Crippen LogP contribution is 2.11. The van der Waals surface area contributed by atoms with Gasteiger partial charge in [0.05, 0.1) is 0 Å². The van der Waals surface area contributed by atoms with Crippen LogP contribution in [0.2, 0.25) is 0 Å². The molecule has 0 bridgehead atoms. The third-order valence-corrected chi connectivity index (χ3v) is 3.29. The van der Waals surface area contributed by atoms with Gasteiger partial charge in [0.25, 0.3) is 5.91 Å². The molecule has 5 heteroatoms. The van der Waals surface area contributed by atoms with Gasteiger partial charge < -0.3 is 10.7 Å². The van der Waals surface area contributed by atoms with Crippen LogP contribution < -0.4 is 16.6 Å². The van der Waals surface area contributed by atoms with E-state index < -0.39 is 0 Å². The van der Waals surface area contributed by atoms with Crippen LogP contribution in [0, 0.1) is 5.92 Å². The van der Waals surface area contributed by atoms with Crippen LogP contribution in [0.3, 0.4) is 0 Å². The normalized spacial score (nSPS) is 10.7. The second-order valence-corrected chi connectivity index (χ2v) is 5.77. The third-order valence-electron chi connectivity index (χ3n) is 3.29. The number of hydrogen-bond acceptors (Lipinski definition) is 4. The quantitative estimate of drug-likeness (QED) is 0.371. The van der Waals surface area contributed by atoms with Gasteiger partial charge in [0.1, 0.15) is 5.82 Å². The fraction of sp³-hybridized carbons (Fsp3) is 0.625. The number of carbonyl (C=O) groups is 1. The molecule has 0 radical (unpaired) electrons. The van der Waals surface area contributed by atoms with E-state index in [0.29, 0.717) is 17.9 Å². The summed E-state index contributed by atoms with van der Waals surface area (Å²) in [4.78, 5) is 16.5. The highest BCUT2D eigenvalue weighted by molar-refractivity contribution is 5.94. The molecule has 0 saturated heterocycles. The fourth-order valence-corrected chi connectivity index (χ4v) is 2.16. The van der Waals surface area contributed by atoms with Gasteiger partial charge in [0.15, 0.2) is 0 Å². The van der Waals surface area contributed by atoms with Crippen LogP contribution in [0.1, 0.15) is 62.5 Å². The average Bonchev–Trinajstić information content (AvgIpc) is 2.46. The van der Waals surface area contributed by atoms with Gasteiger partial charge in [0, 0.05) is 17.8 Å². The lowest BCUT2D eigenvalue weighted by Gasteiger charge is -2.09. The number of nitrogens with one attached hydrogen (secondary N) is 2. The lowest BCUT2D eigenvalue weighted by atomic mass is 10.1. The molecule has 0 aliphatic rings. The van der Waals surface area contributed by atoms with Crippen molar-refractivity contribution in [2.24, 2.45) is 11.8 Å². The predicted octanol–water partition coefficient (Wildman–Crippen LogP) is 2.88. The first-order chi connectivity index (χ1) is 10.1. The molecule has 0 atom stereocenters. The molecule has 1 aromatic heterocycles. The van der Waals surface area contributed by atoms with Crippen LogP contribution in [0.5, 0.6) is 0 Å². The first kappa shape index (κ1) is 17.4. The van der Waals surface area contributed by atoms with Gasteiger partial charge in [0.2, 0.25) is 0 Å². The second kappa shape index (κ2) is 9.34. The van der Waals surface area contributed by atoms with Gasteiger partial charge in [-0.25, -0.2) is 10.8 Å². The van der Waals surface area contributed by atoms with E-state index >= 15 is 0 Å². The third kappa shape index (κ3) is 6.58. The molecule has 0 unspecified atom stereocenters. The van der Waals surface area contributed by atoms with Crippen molar-refractivity contribution < 1.29 is 4.79 Å². The lowest BCUT2D eigenvalue weighted by molar-refractivity contribution is 0.0952. The minimum absolute atomic E-state index is 0.0594. The highest BCUT2D eigenvalue weighted by Gasteiger charge is 2.09. The zero-order valence-corrected chi connectivity index (χ0v) is 13.4.